The monoisotopic (exact) mass is 289 g/mol. The highest BCUT2D eigenvalue weighted by molar-refractivity contribution is 5.92. The first-order valence-corrected chi connectivity index (χ1v) is 7.72. The van der Waals surface area contributed by atoms with Gasteiger partial charge in [-0.2, -0.15) is 0 Å². The van der Waals surface area contributed by atoms with Crippen molar-refractivity contribution in [3.05, 3.63) is 17.5 Å². The third-order valence-electron chi connectivity index (χ3n) is 4.45. The van der Waals surface area contributed by atoms with Crippen LogP contribution in [0.1, 0.15) is 48.8 Å². The van der Waals surface area contributed by atoms with Gasteiger partial charge in [0.15, 0.2) is 0 Å². The van der Waals surface area contributed by atoms with Gasteiger partial charge in [-0.3, -0.25) is 9.69 Å². The number of aromatic nitrogens is 2. The van der Waals surface area contributed by atoms with E-state index in [1.54, 1.807) is 6.07 Å². The number of carbonyl (C=O) groups excluding carboxylic acids is 1. The van der Waals surface area contributed by atoms with E-state index in [2.05, 4.69) is 14.9 Å². The molecule has 2 N–H and O–H groups in total. The Morgan fingerprint density at radius 3 is 2.90 bits per heavy atom. The minimum absolute atomic E-state index is 0.0162. The van der Waals surface area contributed by atoms with Crippen LogP contribution in [0.15, 0.2) is 6.07 Å². The minimum atomic E-state index is -0.0162. The summed E-state index contributed by atoms with van der Waals surface area (Å²) >= 11 is 0. The lowest BCUT2D eigenvalue weighted by Crippen LogP contribution is -2.52. The first-order chi connectivity index (χ1) is 10.0. The summed E-state index contributed by atoms with van der Waals surface area (Å²) in [5.74, 6) is 0.398. The molecule has 0 radical (unpaired) electrons. The molecule has 21 heavy (non-hydrogen) atoms. The van der Waals surface area contributed by atoms with Crippen LogP contribution in [0.25, 0.3) is 0 Å². The van der Waals surface area contributed by atoms with Crippen molar-refractivity contribution in [2.45, 2.75) is 38.6 Å². The lowest BCUT2D eigenvalue weighted by atomic mass is 10.1. The van der Waals surface area contributed by atoms with Gasteiger partial charge in [0.05, 0.1) is 0 Å². The average Bonchev–Trinajstić information content (AvgIpc) is 2.93. The van der Waals surface area contributed by atoms with Gasteiger partial charge >= 0.3 is 0 Å². The molecule has 114 valence electrons. The van der Waals surface area contributed by atoms with Gasteiger partial charge in [-0.25, -0.2) is 9.97 Å². The molecule has 0 aliphatic carbocycles. The quantitative estimate of drug-likeness (QED) is 0.882. The molecule has 1 aromatic rings. The van der Waals surface area contributed by atoms with Crippen LogP contribution >= 0.6 is 0 Å². The Kier molecular flexibility index (Phi) is 3.80. The fourth-order valence-electron chi connectivity index (χ4n) is 3.23. The number of nitrogens with zero attached hydrogens (tertiary/aromatic N) is 4. The standard InChI is InChI=1S/C15H23N5O/c1-10(2)12-8-13(18-15(16)17-12)14(21)20-7-6-19-5-3-4-11(19)9-20/h8,10-11H,3-7,9H2,1-2H3,(H2,16,17,18). The Labute approximate surface area is 125 Å². The molecule has 2 aliphatic heterocycles. The van der Waals surface area contributed by atoms with Crippen molar-refractivity contribution in [2.75, 3.05) is 31.9 Å². The summed E-state index contributed by atoms with van der Waals surface area (Å²) in [4.78, 5) is 25.4. The topological polar surface area (TPSA) is 75.4 Å². The van der Waals surface area contributed by atoms with Crippen molar-refractivity contribution >= 4 is 11.9 Å². The number of nitrogens with two attached hydrogens (primary N) is 1. The molecule has 1 unspecified atom stereocenters. The molecule has 1 aromatic heterocycles. The van der Waals surface area contributed by atoms with Gasteiger partial charge in [0.2, 0.25) is 5.95 Å². The minimum Gasteiger partial charge on any atom is -0.368 e. The smallest absolute Gasteiger partial charge is 0.272 e. The number of carbonyl (C=O) groups is 1. The molecule has 3 heterocycles. The summed E-state index contributed by atoms with van der Waals surface area (Å²) < 4.78 is 0. The van der Waals surface area contributed by atoms with Crippen LogP contribution in [0, 0.1) is 0 Å². The van der Waals surface area contributed by atoms with Crippen molar-refractivity contribution in [1.82, 2.24) is 19.8 Å². The normalized spacial score (nSPS) is 22.6. The maximum absolute atomic E-state index is 12.7. The summed E-state index contributed by atoms with van der Waals surface area (Å²) in [6.45, 7) is 7.79. The molecule has 6 nitrogen and oxygen atoms in total. The fraction of sp³-hybridized carbons (Fsp3) is 0.667. The SMILES string of the molecule is CC(C)c1cc(C(=O)N2CCN3CCCC3C2)nc(N)n1. The molecule has 0 spiro atoms. The van der Waals surface area contributed by atoms with Gasteiger partial charge in [-0.15, -0.1) is 0 Å². The number of rotatable bonds is 2. The molecule has 1 amide bonds. The van der Waals surface area contributed by atoms with Crippen LogP contribution in [0.2, 0.25) is 0 Å². The first-order valence-electron chi connectivity index (χ1n) is 7.72. The first kappa shape index (κ1) is 14.3. The van der Waals surface area contributed by atoms with Crippen LogP contribution < -0.4 is 5.73 Å². The largest absolute Gasteiger partial charge is 0.368 e. The predicted molar refractivity (Wildman–Crippen MR) is 81.0 cm³/mol. The van der Waals surface area contributed by atoms with Gasteiger partial charge < -0.3 is 10.6 Å². The van der Waals surface area contributed by atoms with Crippen molar-refractivity contribution in [3.63, 3.8) is 0 Å². The van der Waals surface area contributed by atoms with Crippen molar-refractivity contribution in [1.29, 1.82) is 0 Å². The number of fused-ring (bicyclic) bond motifs is 1. The number of hydrogen-bond donors (Lipinski definition) is 1. The van der Waals surface area contributed by atoms with E-state index in [-0.39, 0.29) is 17.8 Å². The Morgan fingerprint density at radius 1 is 1.33 bits per heavy atom. The molecule has 3 rings (SSSR count). The summed E-state index contributed by atoms with van der Waals surface area (Å²) in [6, 6.07) is 2.30. The van der Waals surface area contributed by atoms with E-state index >= 15 is 0 Å². The molecule has 1 atom stereocenters. The van der Waals surface area contributed by atoms with E-state index in [0.717, 1.165) is 25.3 Å². The van der Waals surface area contributed by atoms with Gasteiger partial charge in [-0.05, 0) is 31.4 Å². The summed E-state index contributed by atoms with van der Waals surface area (Å²) in [7, 11) is 0. The zero-order valence-electron chi connectivity index (χ0n) is 12.7. The number of anilines is 1. The highest BCUT2D eigenvalue weighted by Crippen LogP contribution is 2.23. The van der Waals surface area contributed by atoms with Crippen molar-refractivity contribution in [3.8, 4) is 0 Å². The molecule has 0 bridgehead atoms. The average molecular weight is 289 g/mol. The molecular formula is C15H23N5O. The van der Waals surface area contributed by atoms with Crippen LogP contribution in [0.4, 0.5) is 5.95 Å². The van der Waals surface area contributed by atoms with Gasteiger partial charge in [0.25, 0.3) is 5.91 Å². The van der Waals surface area contributed by atoms with Crippen LogP contribution in [0.3, 0.4) is 0 Å². The molecule has 0 aromatic carbocycles. The fourth-order valence-corrected chi connectivity index (χ4v) is 3.23. The van der Waals surface area contributed by atoms with Crippen LogP contribution in [-0.4, -0.2) is 57.9 Å². The molecule has 2 fully saturated rings. The lowest BCUT2D eigenvalue weighted by molar-refractivity contribution is 0.0565. The van der Waals surface area contributed by atoms with Gasteiger partial charge in [0, 0.05) is 31.4 Å². The number of hydrogen-bond acceptors (Lipinski definition) is 5. The molecule has 6 heteroatoms. The Hall–Kier alpha value is -1.69. The lowest BCUT2D eigenvalue weighted by Gasteiger charge is -2.37. The Balaban J connectivity index is 1.78. The maximum Gasteiger partial charge on any atom is 0.272 e. The van der Waals surface area contributed by atoms with Gasteiger partial charge in [0.1, 0.15) is 5.69 Å². The van der Waals surface area contributed by atoms with E-state index in [9.17, 15) is 4.79 Å². The summed E-state index contributed by atoms with van der Waals surface area (Å²) in [6.07, 6.45) is 2.43. The summed E-state index contributed by atoms with van der Waals surface area (Å²) in [5, 5.41) is 0. The second kappa shape index (κ2) is 5.60. The molecule has 2 saturated heterocycles. The Morgan fingerprint density at radius 2 is 2.14 bits per heavy atom. The molecule has 2 aliphatic rings. The van der Waals surface area contributed by atoms with E-state index in [1.807, 2.05) is 18.7 Å². The highest BCUT2D eigenvalue weighted by atomic mass is 16.2. The third-order valence-corrected chi connectivity index (χ3v) is 4.45. The molecule has 0 saturated carbocycles. The predicted octanol–water partition coefficient (Wildman–Crippen LogP) is 1.10. The highest BCUT2D eigenvalue weighted by Gasteiger charge is 2.33. The second-order valence-electron chi connectivity index (χ2n) is 6.27. The van der Waals surface area contributed by atoms with Crippen LogP contribution in [0.5, 0.6) is 0 Å². The van der Waals surface area contributed by atoms with E-state index in [1.165, 1.54) is 19.4 Å². The van der Waals surface area contributed by atoms with Crippen molar-refractivity contribution < 1.29 is 4.79 Å². The van der Waals surface area contributed by atoms with Gasteiger partial charge in [-0.1, -0.05) is 13.8 Å². The second-order valence-corrected chi connectivity index (χ2v) is 6.27. The maximum atomic E-state index is 12.7. The third kappa shape index (κ3) is 2.85. The summed E-state index contributed by atoms with van der Waals surface area (Å²) in [5.41, 5.74) is 7.00. The number of piperazine rings is 1. The zero-order valence-corrected chi connectivity index (χ0v) is 12.7. The van der Waals surface area contributed by atoms with E-state index in [4.69, 9.17) is 5.73 Å². The molecular weight excluding hydrogens is 266 g/mol. The van der Waals surface area contributed by atoms with E-state index in [0.29, 0.717) is 11.7 Å². The van der Waals surface area contributed by atoms with E-state index < -0.39 is 0 Å². The zero-order chi connectivity index (χ0) is 15.0. The van der Waals surface area contributed by atoms with Crippen LogP contribution in [-0.2, 0) is 0 Å². The number of amides is 1. The number of nitrogen functional groups attached to an aromatic ring is 1. The Bertz CT molecular complexity index is 545. The van der Waals surface area contributed by atoms with Crippen molar-refractivity contribution in [2.24, 2.45) is 0 Å².